The van der Waals surface area contributed by atoms with Crippen molar-refractivity contribution in [1.29, 1.82) is 0 Å². The van der Waals surface area contributed by atoms with Crippen molar-refractivity contribution >= 4 is 0 Å². The van der Waals surface area contributed by atoms with Gasteiger partial charge in [-0.25, -0.2) is 0 Å². The Kier molecular flexibility index (Phi) is 14.5. The Morgan fingerprint density at radius 3 is 0.953 bits per heavy atom. The molecule has 0 saturated carbocycles. The van der Waals surface area contributed by atoms with E-state index in [1.165, 1.54) is 0 Å². The quantitative estimate of drug-likeness (QED) is 0.114. The maximum absolute atomic E-state index is 11.3. The molecule has 0 unspecified atom stereocenters. The molecule has 24 heterocycles. The Bertz CT molecular complexity index is 1550. The van der Waals surface area contributed by atoms with Gasteiger partial charge in [-0.1, -0.05) is 0 Å². The van der Waals surface area contributed by atoms with Gasteiger partial charge in [0.1, 0.15) is 146 Å². The van der Waals surface area contributed by atoms with E-state index in [4.69, 9.17) is 66.3 Å². The van der Waals surface area contributed by atoms with Gasteiger partial charge in [0.05, 0.1) is 39.6 Å². The van der Waals surface area contributed by atoms with Gasteiger partial charge in [0.15, 0.2) is 37.7 Å². The average molecular weight is 937 g/mol. The van der Waals surface area contributed by atoms with E-state index in [2.05, 4.69) is 0 Å². The summed E-state index contributed by atoms with van der Waals surface area (Å²) in [6.07, 6.45) is -48.0. The van der Waals surface area contributed by atoms with E-state index in [1.807, 2.05) is 0 Å². The Morgan fingerprint density at radius 2 is 0.562 bits per heavy atom. The van der Waals surface area contributed by atoms with Crippen LogP contribution in [0.5, 0.6) is 0 Å². The van der Waals surface area contributed by atoms with Gasteiger partial charge in [-0.05, 0) is 0 Å². The van der Waals surface area contributed by atoms with E-state index >= 15 is 0 Å². The predicted octanol–water partition coefficient (Wildman–Crippen LogP) is -11.0. The molecule has 24 saturated heterocycles. The van der Waals surface area contributed by atoms with Crippen LogP contribution in [0.25, 0.3) is 0 Å². The van der Waals surface area contributed by atoms with Crippen molar-refractivity contribution < 1.29 is 138 Å². The molecule has 14 bridgehead atoms. The number of aliphatic hydroxyl groups is 14. The fourth-order valence-electron chi connectivity index (χ4n) is 9.54. The van der Waals surface area contributed by atoms with Crippen LogP contribution in [-0.2, 0) is 66.3 Å². The van der Waals surface area contributed by atoms with Crippen LogP contribution in [0.4, 0.5) is 0 Å². The maximum atomic E-state index is 11.3. The molecule has 0 aliphatic carbocycles. The van der Waals surface area contributed by atoms with Crippen LogP contribution in [0.15, 0.2) is 0 Å². The minimum absolute atomic E-state index is 0.214. The minimum Gasteiger partial charge on any atom is -0.394 e. The largest absolute Gasteiger partial charge is 0.394 e. The zero-order valence-electron chi connectivity index (χ0n) is 33.5. The summed E-state index contributed by atoms with van der Waals surface area (Å²) in [5.74, 6) is 0. The second-order valence-electron chi connectivity index (χ2n) is 17.1. The average Bonchev–Trinajstić information content (AvgIpc) is 4.04. The fourth-order valence-corrected chi connectivity index (χ4v) is 9.54. The molecule has 14 N–H and O–H groups in total. The van der Waals surface area contributed by atoms with Crippen molar-refractivity contribution in [2.24, 2.45) is 0 Å². The third-order valence-electron chi connectivity index (χ3n) is 13.1. The molecular weight excluding hydrogens is 880 g/mol. The highest BCUT2D eigenvalue weighted by Crippen LogP contribution is 2.44. The molecule has 24 rings (SSSR count). The van der Waals surface area contributed by atoms with Crippen molar-refractivity contribution in [2.75, 3.05) is 39.6 Å². The van der Waals surface area contributed by atoms with Crippen LogP contribution in [0.3, 0.4) is 0 Å². The molecule has 24 aliphatic heterocycles. The highest BCUT2D eigenvalue weighted by atomic mass is 16.8. The summed E-state index contributed by atoms with van der Waals surface area (Å²) in [7, 11) is 0. The molecule has 30 atom stereocenters. The topological polar surface area (TPSA) is 416 Å². The first-order valence-electron chi connectivity index (χ1n) is 21.0. The van der Waals surface area contributed by atoms with Gasteiger partial charge in [0.25, 0.3) is 0 Å². The number of aliphatic hydroxyl groups excluding tert-OH is 14. The van der Waals surface area contributed by atoms with Crippen LogP contribution < -0.4 is 0 Å². The summed E-state index contributed by atoms with van der Waals surface area (Å²) in [5, 5.41) is 153. The van der Waals surface area contributed by atoms with Gasteiger partial charge < -0.3 is 138 Å². The van der Waals surface area contributed by atoms with E-state index in [1.54, 1.807) is 0 Å². The Balaban J connectivity index is 0.989. The SMILES string of the molecule is OC[C@H]1O[C@@H]2O[C@H]3[C@@H]4O[C@@H]4[C@@H](O[C@H]4[C@H](O)[C@@H](O)[C@@H](O[C@H]5[C@H](O)[C@@H](O)[C@@H](O[C@H]6[C@@H]7OC[C@H]6O[C@H](O[C@H]6[C@H](O)[C@@H](O)[C@@H](O[C@H]1[C@H](O)[C@H]2O)O[C@@H]6CO)[C@@H]7O)O[C@@H]5CO)O[C@@H]4CO)O[C@@H]3CO. The third-order valence-corrected chi connectivity index (χ3v) is 13.1. The monoisotopic (exact) mass is 936 g/mol. The molecule has 368 valence electrons. The van der Waals surface area contributed by atoms with Gasteiger partial charge in [-0.2, -0.15) is 0 Å². The molecule has 28 heteroatoms. The van der Waals surface area contributed by atoms with E-state index in [0.717, 1.165) is 0 Å². The summed E-state index contributed by atoms with van der Waals surface area (Å²) in [5.41, 5.74) is 0. The summed E-state index contributed by atoms with van der Waals surface area (Å²) in [4.78, 5) is 0. The normalized spacial score (nSPS) is 57.8. The number of epoxide rings is 1. The summed E-state index contributed by atoms with van der Waals surface area (Å²) in [6, 6.07) is 0. The van der Waals surface area contributed by atoms with E-state index < -0.39 is 217 Å². The number of hydrogen-bond donors (Lipinski definition) is 14. The molecule has 0 aromatic carbocycles. The lowest BCUT2D eigenvalue weighted by atomic mass is 9.95. The van der Waals surface area contributed by atoms with Crippen LogP contribution in [0.2, 0.25) is 0 Å². The Labute approximate surface area is 361 Å². The summed E-state index contributed by atoms with van der Waals surface area (Å²) >= 11 is 0. The van der Waals surface area contributed by atoms with Gasteiger partial charge in [-0.15, -0.1) is 0 Å². The molecule has 24 fully saturated rings. The number of ether oxygens (including phenoxy) is 14. The van der Waals surface area contributed by atoms with Crippen LogP contribution >= 0.6 is 0 Å². The van der Waals surface area contributed by atoms with Crippen LogP contribution in [0.1, 0.15) is 0 Å². The predicted molar refractivity (Wildman–Crippen MR) is 189 cm³/mol. The van der Waals surface area contributed by atoms with Crippen molar-refractivity contribution in [3.63, 3.8) is 0 Å². The minimum atomic E-state index is -2.00. The summed E-state index contributed by atoms with van der Waals surface area (Å²) < 4.78 is 81.6. The second kappa shape index (κ2) is 19.3. The zero-order chi connectivity index (χ0) is 45.5. The number of hydrogen-bond acceptors (Lipinski definition) is 28. The lowest BCUT2D eigenvalue weighted by Gasteiger charge is -2.49. The van der Waals surface area contributed by atoms with Gasteiger partial charge in [-0.3, -0.25) is 0 Å². The third kappa shape index (κ3) is 8.54. The molecule has 0 spiro atoms. The Hall–Kier alpha value is -1.12. The molecule has 0 aromatic rings. The summed E-state index contributed by atoms with van der Waals surface area (Å²) in [6.45, 7) is -4.40. The van der Waals surface area contributed by atoms with Crippen LogP contribution in [-0.4, -0.2) is 295 Å². The smallest absolute Gasteiger partial charge is 0.187 e. The lowest BCUT2D eigenvalue weighted by molar-refractivity contribution is -0.390. The molecule has 64 heavy (non-hydrogen) atoms. The molecule has 0 aromatic heterocycles. The molecule has 0 radical (unpaired) electrons. The van der Waals surface area contributed by atoms with E-state index in [9.17, 15) is 71.5 Å². The fraction of sp³-hybridized carbons (Fsp3) is 1.00. The maximum Gasteiger partial charge on any atom is 0.187 e. The highest BCUT2D eigenvalue weighted by Gasteiger charge is 2.63. The van der Waals surface area contributed by atoms with Crippen LogP contribution in [0, 0.1) is 0 Å². The van der Waals surface area contributed by atoms with Crippen molar-refractivity contribution in [3.8, 4) is 0 Å². The first-order chi connectivity index (χ1) is 30.7. The van der Waals surface area contributed by atoms with Gasteiger partial charge in [0, 0.05) is 0 Å². The molecule has 28 nitrogen and oxygen atoms in total. The first-order valence-corrected chi connectivity index (χ1v) is 21.0. The van der Waals surface area contributed by atoms with Crippen molar-refractivity contribution in [1.82, 2.24) is 0 Å². The number of rotatable bonds is 5. The van der Waals surface area contributed by atoms with Crippen molar-refractivity contribution in [2.45, 2.75) is 184 Å². The highest BCUT2D eigenvalue weighted by molar-refractivity contribution is 5.05. The van der Waals surface area contributed by atoms with Gasteiger partial charge in [0.2, 0.25) is 0 Å². The van der Waals surface area contributed by atoms with E-state index in [0.29, 0.717) is 0 Å². The van der Waals surface area contributed by atoms with Gasteiger partial charge >= 0.3 is 0 Å². The van der Waals surface area contributed by atoms with E-state index in [-0.39, 0.29) is 6.61 Å². The standard InChI is InChI=1S/C36H56O28/c37-1-7-22-14(43)19(48)33(54-7)63-26-11(5-41)56-36(30-29(26)58-30)62-25-10(4-40)53-32(18(47)16(25)45)60-23-8(2-38)55-34(20(49)15(23)44)64-27-12-6-51-28(27)21(50)35(57-12)61-24-9(3-39)52-31(59-22)17(46)13(24)42/h7-50H,1-6H2/t7-,8-,9-,10-,11-,12-,13-,14-,15-,16-,17-,18-,19-,20-,21-,22-,23-,24-,25-,26-,27-,28-,29+,30+,31-,32-,33-,34-,35-,36-/m1/s1. The second-order valence-corrected chi connectivity index (χ2v) is 17.1. The Morgan fingerprint density at radius 1 is 0.250 bits per heavy atom. The zero-order valence-corrected chi connectivity index (χ0v) is 33.5. The van der Waals surface area contributed by atoms with Crippen molar-refractivity contribution in [3.05, 3.63) is 0 Å². The molecular formula is C36H56O28. The molecule has 0 amide bonds. The first kappa shape index (κ1) is 47.9. The lowest BCUT2D eigenvalue weighted by Crippen LogP contribution is -2.67. The molecule has 24 aliphatic rings.